The number of hydrogen-bond donors (Lipinski definition) is 0. The summed E-state index contributed by atoms with van der Waals surface area (Å²) in [5.74, 6) is -1.19. The van der Waals surface area contributed by atoms with Crippen molar-refractivity contribution in [2.24, 2.45) is 0 Å². The van der Waals surface area contributed by atoms with Gasteiger partial charge in [-0.1, -0.05) is 30.3 Å². The first-order valence-electron chi connectivity index (χ1n) is 7.21. The van der Waals surface area contributed by atoms with Crippen LogP contribution in [-0.2, 0) is 26.1 Å². The Morgan fingerprint density at radius 1 is 1.17 bits per heavy atom. The fourth-order valence-electron chi connectivity index (χ4n) is 2.26. The Morgan fingerprint density at radius 2 is 1.83 bits per heavy atom. The highest BCUT2D eigenvalue weighted by Crippen LogP contribution is 2.22. The van der Waals surface area contributed by atoms with Crippen LogP contribution >= 0.6 is 0 Å². The van der Waals surface area contributed by atoms with Gasteiger partial charge in [0.1, 0.15) is 12.4 Å². The third-order valence-corrected chi connectivity index (χ3v) is 5.44. The second-order valence-corrected chi connectivity index (χ2v) is 7.15. The number of nitrogens with zero attached hydrogens (tertiary/aromatic N) is 1. The quantitative estimate of drug-likeness (QED) is 0.750. The van der Waals surface area contributed by atoms with Crippen molar-refractivity contribution in [1.82, 2.24) is 4.31 Å². The summed E-state index contributed by atoms with van der Waals surface area (Å²) >= 11 is 0. The van der Waals surface area contributed by atoms with Crippen LogP contribution in [0.4, 0.5) is 4.39 Å². The SMILES string of the molecule is COC(=O)CN(Cc1ccccc1)S(=O)(=O)c1ccc(F)cc1C. The molecule has 0 spiro atoms. The van der Waals surface area contributed by atoms with Crippen molar-refractivity contribution in [3.05, 3.63) is 65.5 Å². The molecule has 0 bridgehead atoms. The highest BCUT2D eigenvalue weighted by atomic mass is 32.2. The summed E-state index contributed by atoms with van der Waals surface area (Å²) < 4.78 is 44.7. The normalized spacial score (nSPS) is 11.5. The van der Waals surface area contributed by atoms with E-state index in [1.165, 1.54) is 20.1 Å². The van der Waals surface area contributed by atoms with E-state index in [4.69, 9.17) is 0 Å². The number of esters is 1. The van der Waals surface area contributed by atoms with Crippen LogP contribution in [0.3, 0.4) is 0 Å². The predicted molar refractivity (Wildman–Crippen MR) is 87.2 cm³/mol. The molecule has 2 aromatic rings. The second kappa shape index (κ2) is 7.55. The van der Waals surface area contributed by atoms with Gasteiger partial charge in [0.25, 0.3) is 0 Å². The lowest BCUT2D eigenvalue weighted by Crippen LogP contribution is -2.36. The second-order valence-electron chi connectivity index (χ2n) is 5.24. The van der Waals surface area contributed by atoms with E-state index in [2.05, 4.69) is 4.74 Å². The number of carbonyl (C=O) groups excluding carboxylic acids is 1. The highest BCUT2D eigenvalue weighted by molar-refractivity contribution is 7.89. The fraction of sp³-hybridized carbons (Fsp3) is 0.235. The Labute approximate surface area is 140 Å². The Hall–Kier alpha value is -2.25. The number of sulfonamides is 1. The zero-order valence-electron chi connectivity index (χ0n) is 13.4. The van der Waals surface area contributed by atoms with Crippen LogP contribution in [0.2, 0.25) is 0 Å². The Bertz CT molecular complexity index is 822. The molecule has 0 aromatic heterocycles. The van der Waals surface area contributed by atoms with Gasteiger partial charge in [-0.15, -0.1) is 0 Å². The molecular formula is C17H18FNO4S. The van der Waals surface area contributed by atoms with Gasteiger partial charge in [-0.3, -0.25) is 4.79 Å². The van der Waals surface area contributed by atoms with Gasteiger partial charge in [0, 0.05) is 6.54 Å². The minimum absolute atomic E-state index is 0.00902. The zero-order chi connectivity index (χ0) is 17.7. The van der Waals surface area contributed by atoms with Crippen molar-refractivity contribution < 1.29 is 22.3 Å². The fourth-order valence-corrected chi connectivity index (χ4v) is 3.84. The van der Waals surface area contributed by atoms with Crippen molar-refractivity contribution in [1.29, 1.82) is 0 Å². The van der Waals surface area contributed by atoms with Gasteiger partial charge < -0.3 is 4.74 Å². The molecule has 0 aliphatic heterocycles. The molecule has 0 heterocycles. The molecule has 2 rings (SSSR count). The Morgan fingerprint density at radius 3 is 2.42 bits per heavy atom. The zero-order valence-corrected chi connectivity index (χ0v) is 14.2. The third kappa shape index (κ3) is 4.18. The van der Waals surface area contributed by atoms with Crippen LogP contribution in [0.1, 0.15) is 11.1 Å². The third-order valence-electron chi connectivity index (χ3n) is 3.49. The van der Waals surface area contributed by atoms with E-state index in [1.807, 2.05) is 6.07 Å². The van der Waals surface area contributed by atoms with Crippen molar-refractivity contribution in [2.75, 3.05) is 13.7 Å². The molecule has 7 heteroatoms. The molecule has 2 aromatic carbocycles. The lowest BCUT2D eigenvalue weighted by atomic mass is 10.2. The lowest BCUT2D eigenvalue weighted by molar-refractivity contribution is -0.140. The van der Waals surface area contributed by atoms with Crippen molar-refractivity contribution in [2.45, 2.75) is 18.4 Å². The summed E-state index contributed by atoms with van der Waals surface area (Å²) in [5.41, 5.74) is 1.00. The van der Waals surface area contributed by atoms with Crippen LogP contribution in [0.5, 0.6) is 0 Å². The Kier molecular flexibility index (Phi) is 5.69. The molecule has 0 unspecified atom stereocenters. The van der Waals surface area contributed by atoms with Crippen molar-refractivity contribution in [3.8, 4) is 0 Å². The minimum atomic E-state index is -3.99. The largest absolute Gasteiger partial charge is 0.468 e. The number of benzene rings is 2. The molecule has 128 valence electrons. The molecule has 5 nitrogen and oxygen atoms in total. The standard InChI is InChI=1S/C17H18FNO4S/c1-13-10-15(18)8-9-16(13)24(21,22)19(12-17(20)23-2)11-14-6-4-3-5-7-14/h3-10H,11-12H2,1-2H3. The molecule has 0 saturated heterocycles. The average molecular weight is 351 g/mol. The molecule has 0 aliphatic carbocycles. The first-order valence-corrected chi connectivity index (χ1v) is 8.65. The van der Waals surface area contributed by atoms with E-state index < -0.39 is 28.4 Å². The van der Waals surface area contributed by atoms with Gasteiger partial charge in [0.2, 0.25) is 10.0 Å². The van der Waals surface area contributed by atoms with E-state index in [-0.39, 0.29) is 17.0 Å². The van der Waals surface area contributed by atoms with E-state index in [1.54, 1.807) is 24.3 Å². The van der Waals surface area contributed by atoms with Crippen LogP contribution in [0.15, 0.2) is 53.4 Å². The van der Waals surface area contributed by atoms with Crippen molar-refractivity contribution in [3.63, 3.8) is 0 Å². The number of rotatable bonds is 6. The average Bonchev–Trinajstić information content (AvgIpc) is 2.54. The van der Waals surface area contributed by atoms with Crippen LogP contribution in [0, 0.1) is 12.7 Å². The first kappa shape index (κ1) is 18.1. The molecule has 0 radical (unpaired) electrons. The molecular weight excluding hydrogens is 333 g/mol. The van der Waals surface area contributed by atoms with Gasteiger partial charge in [0.15, 0.2) is 0 Å². The maximum absolute atomic E-state index is 13.3. The monoisotopic (exact) mass is 351 g/mol. The summed E-state index contributed by atoms with van der Waals surface area (Å²) in [5, 5.41) is 0. The number of aryl methyl sites for hydroxylation is 1. The smallest absolute Gasteiger partial charge is 0.321 e. The van der Waals surface area contributed by atoms with Gasteiger partial charge in [-0.2, -0.15) is 4.31 Å². The maximum atomic E-state index is 13.3. The molecule has 0 aliphatic rings. The Balaban J connectivity index is 2.42. The van der Waals surface area contributed by atoms with E-state index >= 15 is 0 Å². The van der Waals surface area contributed by atoms with Crippen LogP contribution < -0.4 is 0 Å². The van der Waals surface area contributed by atoms with Crippen LogP contribution in [-0.4, -0.2) is 32.3 Å². The van der Waals surface area contributed by atoms with E-state index in [0.717, 1.165) is 22.0 Å². The van der Waals surface area contributed by atoms with E-state index in [9.17, 15) is 17.6 Å². The number of hydrogen-bond acceptors (Lipinski definition) is 4. The summed E-state index contributed by atoms with van der Waals surface area (Å²) in [6.45, 7) is 1.09. The number of methoxy groups -OCH3 is 1. The topological polar surface area (TPSA) is 63.7 Å². The molecule has 0 atom stereocenters. The van der Waals surface area contributed by atoms with Gasteiger partial charge in [-0.25, -0.2) is 12.8 Å². The number of ether oxygens (including phenoxy) is 1. The number of carbonyl (C=O) groups is 1. The summed E-state index contributed by atoms with van der Waals surface area (Å²) in [7, 11) is -2.79. The molecule has 0 amide bonds. The summed E-state index contributed by atoms with van der Waals surface area (Å²) in [4.78, 5) is 11.6. The molecule has 0 N–H and O–H groups in total. The summed E-state index contributed by atoms with van der Waals surface area (Å²) in [6.07, 6.45) is 0. The van der Waals surface area contributed by atoms with Gasteiger partial charge >= 0.3 is 5.97 Å². The minimum Gasteiger partial charge on any atom is -0.468 e. The number of halogens is 1. The lowest BCUT2D eigenvalue weighted by Gasteiger charge is -2.22. The van der Waals surface area contributed by atoms with E-state index in [0.29, 0.717) is 0 Å². The summed E-state index contributed by atoms with van der Waals surface area (Å²) in [6, 6.07) is 12.3. The van der Waals surface area contributed by atoms with Gasteiger partial charge in [0.05, 0.1) is 12.0 Å². The maximum Gasteiger partial charge on any atom is 0.321 e. The van der Waals surface area contributed by atoms with Crippen LogP contribution in [0.25, 0.3) is 0 Å². The van der Waals surface area contributed by atoms with Gasteiger partial charge in [-0.05, 0) is 36.2 Å². The molecule has 0 fully saturated rings. The first-order chi connectivity index (χ1) is 11.3. The van der Waals surface area contributed by atoms with Crippen molar-refractivity contribution >= 4 is 16.0 Å². The predicted octanol–water partition coefficient (Wildman–Crippen LogP) is 2.50. The highest BCUT2D eigenvalue weighted by Gasteiger charge is 2.28. The molecule has 0 saturated carbocycles. The molecule has 24 heavy (non-hydrogen) atoms.